The van der Waals surface area contributed by atoms with Crippen molar-refractivity contribution in [2.75, 3.05) is 32.2 Å². The molecule has 23 heavy (non-hydrogen) atoms. The Morgan fingerprint density at radius 2 is 2.22 bits per heavy atom. The van der Waals surface area contributed by atoms with Crippen LogP contribution in [0.25, 0.3) is 0 Å². The van der Waals surface area contributed by atoms with Gasteiger partial charge in [-0.2, -0.15) is 0 Å². The molecule has 0 aliphatic carbocycles. The largest absolute Gasteiger partial charge is 0.492 e. The first-order chi connectivity index (χ1) is 11.1. The molecule has 2 rings (SSSR count). The van der Waals surface area contributed by atoms with Crippen molar-refractivity contribution in [2.24, 2.45) is 5.92 Å². The Morgan fingerprint density at radius 1 is 1.39 bits per heavy atom. The standard InChI is InChI=1S/C17H24N2O4/c1-3-16(20)19-14-5-6-15-12(10-14)9-13(11-23-15)17(21)18-7-4-8-22-2/h5-6,10,13H,3-4,7-9,11H2,1-2H3,(H,18,21)(H,19,20). The summed E-state index contributed by atoms with van der Waals surface area (Å²) in [7, 11) is 1.64. The molecular weight excluding hydrogens is 296 g/mol. The van der Waals surface area contributed by atoms with Crippen LogP contribution in [0.1, 0.15) is 25.3 Å². The van der Waals surface area contributed by atoms with Crippen LogP contribution in [0.4, 0.5) is 5.69 Å². The number of hydrogen-bond donors (Lipinski definition) is 2. The summed E-state index contributed by atoms with van der Waals surface area (Å²) in [5, 5.41) is 5.73. The van der Waals surface area contributed by atoms with Gasteiger partial charge >= 0.3 is 0 Å². The molecule has 1 aromatic rings. The van der Waals surface area contributed by atoms with Gasteiger partial charge in [0.2, 0.25) is 11.8 Å². The van der Waals surface area contributed by atoms with Gasteiger partial charge in [-0.15, -0.1) is 0 Å². The van der Waals surface area contributed by atoms with E-state index in [1.54, 1.807) is 14.0 Å². The van der Waals surface area contributed by atoms with Gasteiger partial charge in [-0.05, 0) is 36.6 Å². The molecule has 0 fully saturated rings. The zero-order chi connectivity index (χ0) is 16.7. The minimum absolute atomic E-state index is 0.00486. The van der Waals surface area contributed by atoms with Gasteiger partial charge in [0.15, 0.2) is 0 Å². The Balaban J connectivity index is 1.94. The molecule has 0 aromatic heterocycles. The van der Waals surface area contributed by atoms with Gasteiger partial charge in [-0.1, -0.05) is 6.92 Å². The van der Waals surface area contributed by atoms with E-state index in [2.05, 4.69) is 10.6 Å². The van der Waals surface area contributed by atoms with Gasteiger partial charge in [0, 0.05) is 32.4 Å². The molecule has 1 aliphatic heterocycles. The van der Waals surface area contributed by atoms with Crippen LogP contribution in [0.3, 0.4) is 0 Å². The van der Waals surface area contributed by atoms with E-state index in [-0.39, 0.29) is 17.7 Å². The molecule has 1 atom stereocenters. The number of carbonyl (C=O) groups excluding carboxylic acids is 2. The number of rotatable bonds is 7. The number of anilines is 1. The van der Waals surface area contributed by atoms with Crippen LogP contribution in [0.2, 0.25) is 0 Å². The number of methoxy groups -OCH3 is 1. The lowest BCUT2D eigenvalue weighted by atomic mass is 9.95. The number of ether oxygens (including phenoxy) is 2. The summed E-state index contributed by atoms with van der Waals surface area (Å²) < 4.78 is 10.6. The Morgan fingerprint density at radius 3 is 2.96 bits per heavy atom. The van der Waals surface area contributed by atoms with Crippen LogP contribution in [0.15, 0.2) is 18.2 Å². The summed E-state index contributed by atoms with van der Waals surface area (Å²) in [6.45, 7) is 3.41. The summed E-state index contributed by atoms with van der Waals surface area (Å²) >= 11 is 0. The molecule has 0 saturated carbocycles. The maximum Gasteiger partial charge on any atom is 0.226 e. The molecule has 0 radical (unpaired) electrons. The van der Waals surface area contributed by atoms with Crippen molar-refractivity contribution in [3.63, 3.8) is 0 Å². The lowest BCUT2D eigenvalue weighted by Gasteiger charge is -2.25. The van der Waals surface area contributed by atoms with Gasteiger partial charge < -0.3 is 20.1 Å². The first kappa shape index (κ1) is 17.3. The minimum atomic E-state index is -0.206. The van der Waals surface area contributed by atoms with E-state index in [9.17, 15) is 9.59 Å². The smallest absolute Gasteiger partial charge is 0.226 e. The average Bonchev–Trinajstić information content (AvgIpc) is 2.57. The molecule has 2 N–H and O–H groups in total. The van der Waals surface area contributed by atoms with E-state index in [1.807, 2.05) is 18.2 Å². The van der Waals surface area contributed by atoms with E-state index in [0.29, 0.717) is 32.6 Å². The second-order valence-corrected chi connectivity index (χ2v) is 5.57. The molecule has 0 bridgehead atoms. The maximum absolute atomic E-state index is 12.2. The van der Waals surface area contributed by atoms with Crippen LogP contribution in [0.5, 0.6) is 5.75 Å². The molecule has 6 heteroatoms. The third-order valence-electron chi connectivity index (χ3n) is 3.77. The number of carbonyl (C=O) groups is 2. The van der Waals surface area contributed by atoms with Crippen molar-refractivity contribution < 1.29 is 19.1 Å². The van der Waals surface area contributed by atoms with E-state index < -0.39 is 0 Å². The van der Waals surface area contributed by atoms with Gasteiger partial charge in [0.25, 0.3) is 0 Å². The normalized spacial score (nSPS) is 16.2. The van der Waals surface area contributed by atoms with Crippen molar-refractivity contribution in [3.05, 3.63) is 23.8 Å². The Bertz CT molecular complexity index is 560. The molecule has 6 nitrogen and oxygen atoms in total. The van der Waals surface area contributed by atoms with Gasteiger partial charge in [0.1, 0.15) is 12.4 Å². The van der Waals surface area contributed by atoms with Crippen LogP contribution in [-0.2, 0) is 20.7 Å². The van der Waals surface area contributed by atoms with E-state index in [0.717, 1.165) is 23.4 Å². The van der Waals surface area contributed by atoms with Crippen molar-refractivity contribution in [1.82, 2.24) is 5.32 Å². The Kier molecular flexibility index (Phi) is 6.40. The van der Waals surface area contributed by atoms with Gasteiger partial charge in [-0.25, -0.2) is 0 Å². The predicted octanol–water partition coefficient (Wildman–Crippen LogP) is 1.74. The summed E-state index contributed by atoms with van der Waals surface area (Å²) in [6, 6.07) is 5.54. The first-order valence-electron chi connectivity index (χ1n) is 7.96. The number of nitrogens with one attached hydrogen (secondary N) is 2. The number of benzene rings is 1. The fourth-order valence-corrected chi connectivity index (χ4v) is 2.46. The topological polar surface area (TPSA) is 76.7 Å². The molecule has 126 valence electrons. The molecular formula is C17H24N2O4. The average molecular weight is 320 g/mol. The zero-order valence-corrected chi connectivity index (χ0v) is 13.7. The molecule has 0 spiro atoms. The van der Waals surface area contributed by atoms with Crippen LogP contribution >= 0.6 is 0 Å². The summed E-state index contributed by atoms with van der Waals surface area (Å²) in [6.07, 6.45) is 1.83. The second-order valence-electron chi connectivity index (χ2n) is 5.57. The second kappa shape index (κ2) is 8.53. The van der Waals surface area contributed by atoms with Crippen LogP contribution in [0, 0.1) is 5.92 Å². The highest BCUT2D eigenvalue weighted by atomic mass is 16.5. The van der Waals surface area contributed by atoms with Crippen LogP contribution < -0.4 is 15.4 Å². The summed E-state index contributed by atoms with van der Waals surface area (Å²) in [5.74, 6) is 0.536. The van der Waals surface area contributed by atoms with E-state index >= 15 is 0 Å². The molecule has 0 saturated heterocycles. The molecule has 1 aromatic carbocycles. The van der Waals surface area contributed by atoms with Crippen molar-refractivity contribution in [3.8, 4) is 5.75 Å². The highest BCUT2D eigenvalue weighted by Gasteiger charge is 2.26. The highest BCUT2D eigenvalue weighted by molar-refractivity contribution is 5.90. The SMILES string of the molecule is CCC(=O)Nc1ccc2c(c1)CC(C(=O)NCCCOC)CO2. The molecule has 2 amide bonds. The fourth-order valence-electron chi connectivity index (χ4n) is 2.46. The van der Waals surface area contributed by atoms with Crippen LogP contribution in [-0.4, -0.2) is 38.7 Å². The number of amides is 2. The molecule has 1 unspecified atom stereocenters. The lowest BCUT2D eigenvalue weighted by molar-refractivity contribution is -0.126. The van der Waals surface area contributed by atoms with Crippen molar-refractivity contribution >= 4 is 17.5 Å². The number of fused-ring (bicyclic) bond motifs is 1. The van der Waals surface area contributed by atoms with E-state index in [4.69, 9.17) is 9.47 Å². The zero-order valence-electron chi connectivity index (χ0n) is 13.7. The number of hydrogen-bond acceptors (Lipinski definition) is 4. The van der Waals surface area contributed by atoms with Gasteiger partial charge in [0.05, 0.1) is 5.92 Å². The Labute approximate surface area is 136 Å². The minimum Gasteiger partial charge on any atom is -0.492 e. The monoisotopic (exact) mass is 320 g/mol. The van der Waals surface area contributed by atoms with Gasteiger partial charge in [-0.3, -0.25) is 9.59 Å². The lowest BCUT2D eigenvalue weighted by Crippen LogP contribution is -2.38. The fraction of sp³-hybridized carbons (Fsp3) is 0.529. The van der Waals surface area contributed by atoms with Crippen molar-refractivity contribution in [2.45, 2.75) is 26.2 Å². The van der Waals surface area contributed by atoms with E-state index in [1.165, 1.54) is 0 Å². The summed E-state index contributed by atoms with van der Waals surface area (Å²) in [4.78, 5) is 23.7. The third-order valence-corrected chi connectivity index (χ3v) is 3.77. The summed E-state index contributed by atoms with van der Waals surface area (Å²) in [5.41, 5.74) is 1.68. The first-order valence-corrected chi connectivity index (χ1v) is 7.96. The Hall–Kier alpha value is -2.08. The third kappa shape index (κ3) is 4.96. The van der Waals surface area contributed by atoms with Crippen molar-refractivity contribution in [1.29, 1.82) is 0 Å². The predicted molar refractivity (Wildman–Crippen MR) is 87.6 cm³/mol. The quantitative estimate of drug-likeness (QED) is 0.750. The maximum atomic E-state index is 12.2. The molecule has 1 heterocycles. The highest BCUT2D eigenvalue weighted by Crippen LogP contribution is 2.30. The molecule has 1 aliphatic rings.